The molecule has 0 saturated carbocycles. The van der Waals surface area contributed by atoms with Crippen LogP contribution in [0.25, 0.3) is 16.9 Å². The maximum atomic E-state index is 13.2. The van der Waals surface area contributed by atoms with E-state index in [0.29, 0.717) is 29.1 Å². The third-order valence-electron chi connectivity index (χ3n) is 4.94. The van der Waals surface area contributed by atoms with Crippen molar-refractivity contribution in [2.75, 3.05) is 5.32 Å². The van der Waals surface area contributed by atoms with E-state index in [2.05, 4.69) is 17.0 Å². The Labute approximate surface area is 174 Å². The van der Waals surface area contributed by atoms with Crippen LogP contribution in [0.3, 0.4) is 0 Å². The van der Waals surface area contributed by atoms with Crippen LogP contribution < -0.4 is 10.9 Å². The fourth-order valence-corrected chi connectivity index (χ4v) is 3.47. The minimum atomic E-state index is -0.317. The second-order valence-corrected chi connectivity index (χ2v) is 7.24. The summed E-state index contributed by atoms with van der Waals surface area (Å²) in [6.45, 7) is 8.17. The van der Waals surface area contributed by atoms with Gasteiger partial charge in [-0.2, -0.15) is 9.78 Å². The SMILES string of the molecule is C=CCn1cc(C(=O)Nc2ccc(C)cc2C)c2nn(-c3ccccc3)c(=O)c-2c1. The molecule has 4 rings (SSSR count). The topological polar surface area (TPSA) is 68.9 Å². The van der Waals surface area contributed by atoms with Crippen LogP contribution in [-0.4, -0.2) is 20.3 Å². The molecule has 0 radical (unpaired) electrons. The van der Waals surface area contributed by atoms with Crippen molar-refractivity contribution in [2.45, 2.75) is 20.4 Å². The van der Waals surface area contributed by atoms with Gasteiger partial charge in [-0.05, 0) is 37.6 Å². The molecule has 0 spiro atoms. The number of pyridine rings is 1. The Kier molecular flexibility index (Phi) is 5.06. The van der Waals surface area contributed by atoms with E-state index in [4.69, 9.17) is 0 Å². The summed E-state index contributed by atoms with van der Waals surface area (Å²) in [4.78, 5) is 26.2. The number of allylic oxidation sites excluding steroid dienone is 1. The van der Waals surface area contributed by atoms with Gasteiger partial charge in [-0.3, -0.25) is 9.59 Å². The number of anilines is 1. The molecule has 1 amide bonds. The number of benzene rings is 2. The summed E-state index contributed by atoms with van der Waals surface area (Å²) in [5, 5.41) is 7.44. The Morgan fingerprint density at radius 3 is 2.60 bits per heavy atom. The molecule has 6 heteroatoms. The summed E-state index contributed by atoms with van der Waals surface area (Å²) in [6, 6.07) is 15.0. The number of carbonyl (C=O) groups excluding carboxylic acids is 1. The highest BCUT2D eigenvalue weighted by molar-refractivity contribution is 6.08. The summed E-state index contributed by atoms with van der Waals surface area (Å²) >= 11 is 0. The molecule has 6 nitrogen and oxygen atoms in total. The van der Waals surface area contributed by atoms with E-state index < -0.39 is 0 Å². The van der Waals surface area contributed by atoms with E-state index in [0.717, 1.165) is 16.8 Å². The lowest BCUT2D eigenvalue weighted by atomic mass is 10.1. The van der Waals surface area contributed by atoms with Crippen molar-refractivity contribution in [2.24, 2.45) is 0 Å². The van der Waals surface area contributed by atoms with Crippen LogP contribution >= 0.6 is 0 Å². The lowest BCUT2D eigenvalue weighted by molar-refractivity contribution is 0.102. The number of carbonyl (C=O) groups is 1. The number of aryl methyl sites for hydroxylation is 2. The second kappa shape index (κ2) is 7.83. The summed E-state index contributed by atoms with van der Waals surface area (Å²) in [7, 11) is 0. The van der Waals surface area contributed by atoms with Gasteiger partial charge >= 0.3 is 0 Å². The third kappa shape index (κ3) is 3.55. The fraction of sp³-hybridized carbons (Fsp3) is 0.125. The number of hydrogen-bond acceptors (Lipinski definition) is 3. The molecule has 2 aromatic rings. The molecule has 2 aliphatic heterocycles. The highest BCUT2D eigenvalue weighted by Gasteiger charge is 2.24. The zero-order valence-electron chi connectivity index (χ0n) is 16.9. The van der Waals surface area contributed by atoms with Crippen molar-refractivity contribution < 1.29 is 4.79 Å². The summed E-state index contributed by atoms with van der Waals surface area (Å²) in [5.41, 5.74) is 4.27. The van der Waals surface area contributed by atoms with Gasteiger partial charge in [-0.25, -0.2) is 0 Å². The van der Waals surface area contributed by atoms with Crippen LogP contribution in [0.5, 0.6) is 0 Å². The maximum Gasteiger partial charge on any atom is 0.282 e. The predicted molar refractivity (Wildman–Crippen MR) is 119 cm³/mol. The van der Waals surface area contributed by atoms with Crippen molar-refractivity contribution in [1.29, 1.82) is 0 Å². The minimum absolute atomic E-state index is 0.268. The fourth-order valence-electron chi connectivity index (χ4n) is 3.47. The van der Waals surface area contributed by atoms with E-state index in [-0.39, 0.29) is 11.5 Å². The average molecular weight is 398 g/mol. The molecule has 0 aliphatic carbocycles. The third-order valence-corrected chi connectivity index (χ3v) is 4.94. The molecule has 2 aromatic carbocycles. The van der Waals surface area contributed by atoms with E-state index in [1.807, 2.05) is 50.2 Å². The quantitative estimate of drug-likeness (QED) is 0.513. The molecule has 0 fully saturated rings. The Bertz CT molecular complexity index is 1270. The molecule has 150 valence electrons. The number of para-hydroxylation sites is 1. The first-order valence-corrected chi connectivity index (χ1v) is 9.65. The summed E-state index contributed by atoms with van der Waals surface area (Å²) in [6.07, 6.45) is 5.12. The first-order valence-electron chi connectivity index (χ1n) is 9.65. The van der Waals surface area contributed by atoms with Gasteiger partial charge in [0.05, 0.1) is 16.8 Å². The molecule has 1 N–H and O–H groups in total. The summed E-state index contributed by atoms with van der Waals surface area (Å²) < 4.78 is 3.10. The van der Waals surface area contributed by atoms with Crippen LogP contribution in [0, 0.1) is 13.8 Å². The van der Waals surface area contributed by atoms with Crippen LogP contribution in [-0.2, 0) is 6.54 Å². The molecule has 0 unspecified atom stereocenters. The standard InChI is InChI=1S/C24H22N4O2/c1-4-12-27-14-19(23(29)25-21-11-10-16(2)13-17(21)3)22-20(15-27)24(30)28(26-22)18-8-6-5-7-9-18/h4-11,13-15H,1,12H2,2-3H3,(H,25,29). The number of aromatic nitrogens is 3. The highest BCUT2D eigenvalue weighted by Crippen LogP contribution is 2.24. The normalized spacial score (nSPS) is 10.9. The molecule has 0 bridgehead atoms. The van der Waals surface area contributed by atoms with Gasteiger partial charge in [-0.15, -0.1) is 6.58 Å². The predicted octanol–water partition coefficient (Wildman–Crippen LogP) is 4.19. The Morgan fingerprint density at radius 1 is 1.13 bits per heavy atom. The largest absolute Gasteiger partial charge is 0.349 e. The minimum Gasteiger partial charge on any atom is -0.349 e. The van der Waals surface area contributed by atoms with Crippen LogP contribution in [0.2, 0.25) is 0 Å². The number of hydrogen-bond donors (Lipinski definition) is 1. The van der Waals surface area contributed by atoms with Crippen LogP contribution in [0.1, 0.15) is 21.5 Å². The number of nitrogens with one attached hydrogen (secondary N) is 1. The lowest BCUT2D eigenvalue weighted by Crippen LogP contribution is -2.18. The Hall–Kier alpha value is -3.93. The van der Waals surface area contributed by atoms with Crippen molar-refractivity contribution in [3.8, 4) is 16.9 Å². The van der Waals surface area contributed by atoms with Gasteiger partial charge in [0.1, 0.15) is 5.69 Å². The second-order valence-electron chi connectivity index (χ2n) is 7.24. The van der Waals surface area contributed by atoms with Crippen molar-refractivity contribution >= 4 is 11.6 Å². The molecule has 0 atom stereocenters. The molecule has 2 heterocycles. The van der Waals surface area contributed by atoms with E-state index in [1.54, 1.807) is 35.2 Å². The number of fused-ring (bicyclic) bond motifs is 1. The molecule has 0 aromatic heterocycles. The van der Waals surface area contributed by atoms with Crippen molar-refractivity contribution in [3.63, 3.8) is 0 Å². The van der Waals surface area contributed by atoms with Gasteiger partial charge in [0.25, 0.3) is 11.5 Å². The zero-order chi connectivity index (χ0) is 21.3. The van der Waals surface area contributed by atoms with E-state index >= 15 is 0 Å². The molecular formula is C24H22N4O2. The Morgan fingerprint density at radius 2 is 1.90 bits per heavy atom. The van der Waals surface area contributed by atoms with Gasteiger partial charge in [0, 0.05) is 24.6 Å². The van der Waals surface area contributed by atoms with Gasteiger partial charge in [0.15, 0.2) is 0 Å². The first kappa shape index (κ1) is 19.4. The smallest absolute Gasteiger partial charge is 0.282 e. The monoisotopic (exact) mass is 398 g/mol. The molecule has 2 aliphatic rings. The maximum absolute atomic E-state index is 13.2. The Balaban J connectivity index is 1.84. The number of amides is 1. The van der Waals surface area contributed by atoms with E-state index in [9.17, 15) is 9.59 Å². The molecular weight excluding hydrogens is 376 g/mol. The van der Waals surface area contributed by atoms with Crippen LogP contribution in [0.4, 0.5) is 5.69 Å². The summed E-state index contributed by atoms with van der Waals surface area (Å²) in [5.74, 6) is -0.317. The number of nitrogens with zero attached hydrogens (tertiary/aromatic N) is 3. The average Bonchev–Trinajstić information content (AvgIpc) is 3.07. The molecule has 30 heavy (non-hydrogen) atoms. The van der Waals surface area contributed by atoms with Crippen LogP contribution in [0.15, 0.2) is 78.4 Å². The van der Waals surface area contributed by atoms with Gasteiger partial charge in [-0.1, -0.05) is 42.0 Å². The lowest BCUT2D eigenvalue weighted by Gasteiger charge is -2.13. The number of rotatable bonds is 5. The molecule has 0 saturated heterocycles. The van der Waals surface area contributed by atoms with Crippen molar-refractivity contribution in [3.05, 3.63) is 101 Å². The van der Waals surface area contributed by atoms with E-state index in [1.165, 1.54) is 4.68 Å². The highest BCUT2D eigenvalue weighted by atomic mass is 16.2. The van der Waals surface area contributed by atoms with Gasteiger partial charge < -0.3 is 9.88 Å². The zero-order valence-corrected chi connectivity index (χ0v) is 16.9. The van der Waals surface area contributed by atoms with Crippen molar-refractivity contribution in [1.82, 2.24) is 14.3 Å². The first-order chi connectivity index (χ1) is 14.5. The van der Waals surface area contributed by atoms with Gasteiger partial charge in [0.2, 0.25) is 0 Å².